The molecule has 24 heavy (non-hydrogen) atoms. The maximum Gasteiger partial charge on any atom is 0.237 e. The fraction of sp³-hybridized carbons (Fsp3) is 0.176. The second kappa shape index (κ2) is 6.60. The van der Waals surface area contributed by atoms with Crippen molar-refractivity contribution in [2.75, 3.05) is 5.32 Å². The molecule has 0 aliphatic carbocycles. The monoisotopic (exact) mass is 347 g/mol. The van der Waals surface area contributed by atoms with E-state index in [4.69, 9.17) is 0 Å². The molecule has 0 saturated carbocycles. The third-order valence-corrected chi connectivity index (χ3v) is 4.73. The summed E-state index contributed by atoms with van der Waals surface area (Å²) in [6, 6.07) is 10.7. The van der Waals surface area contributed by atoms with Crippen LogP contribution in [0.5, 0.6) is 0 Å². The zero-order valence-electron chi connectivity index (χ0n) is 13.1. The first-order chi connectivity index (χ1) is 11.5. The molecular weight excluding hydrogens is 332 g/mol. The summed E-state index contributed by atoms with van der Waals surface area (Å²) in [5, 5.41) is 2.67. The lowest BCUT2D eigenvalue weighted by Crippen LogP contribution is -2.23. The second-order valence-electron chi connectivity index (χ2n) is 5.32. The first kappa shape index (κ1) is 16.4. The molecule has 7 heteroatoms. The van der Waals surface area contributed by atoms with Gasteiger partial charge in [-0.15, -0.1) is 0 Å². The van der Waals surface area contributed by atoms with E-state index in [1.54, 1.807) is 6.92 Å². The molecule has 1 amide bonds. The lowest BCUT2D eigenvalue weighted by atomic mass is 10.3. The molecule has 0 aliphatic rings. The molecule has 1 aromatic heterocycles. The number of thioether (sulfide) groups is 1. The summed E-state index contributed by atoms with van der Waals surface area (Å²) in [4.78, 5) is 16.7. The van der Waals surface area contributed by atoms with E-state index in [-0.39, 0.29) is 11.6 Å². The van der Waals surface area contributed by atoms with Crippen molar-refractivity contribution in [3.8, 4) is 0 Å². The van der Waals surface area contributed by atoms with Crippen LogP contribution < -0.4 is 5.32 Å². The molecule has 4 nitrogen and oxygen atoms in total. The van der Waals surface area contributed by atoms with Crippen LogP contribution in [0.2, 0.25) is 0 Å². The van der Waals surface area contributed by atoms with Crippen LogP contribution in [0.25, 0.3) is 11.0 Å². The molecule has 0 spiro atoms. The number of rotatable bonds is 4. The number of hydrogen-bond donors (Lipinski definition) is 1. The van der Waals surface area contributed by atoms with Gasteiger partial charge in [0.15, 0.2) is 5.16 Å². The smallest absolute Gasteiger partial charge is 0.237 e. The van der Waals surface area contributed by atoms with Crippen LogP contribution in [0.4, 0.5) is 14.5 Å². The van der Waals surface area contributed by atoms with Gasteiger partial charge in [-0.3, -0.25) is 4.79 Å². The molecule has 1 unspecified atom stereocenters. The SMILES string of the molecule is CC(Sc1nc2ccccc2n1C)C(=O)Nc1ccc(F)cc1F. The quantitative estimate of drug-likeness (QED) is 0.727. The van der Waals surface area contributed by atoms with Crippen LogP contribution in [0.15, 0.2) is 47.6 Å². The van der Waals surface area contributed by atoms with Crippen LogP contribution in [-0.4, -0.2) is 20.7 Å². The lowest BCUT2D eigenvalue weighted by molar-refractivity contribution is -0.115. The van der Waals surface area contributed by atoms with Crippen LogP contribution >= 0.6 is 11.8 Å². The van der Waals surface area contributed by atoms with E-state index in [1.807, 2.05) is 35.9 Å². The van der Waals surface area contributed by atoms with Gasteiger partial charge in [-0.25, -0.2) is 13.8 Å². The number of fused-ring (bicyclic) bond motifs is 1. The highest BCUT2D eigenvalue weighted by molar-refractivity contribution is 8.00. The molecule has 1 heterocycles. The van der Waals surface area contributed by atoms with E-state index >= 15 is 0 Å². The van der Waals surface area contributed by atoms with Gasteiger partial charge in [0, 0.05) is 13.1 Å². The summed E-state index contributed by atoms with van der Waals surface area (Å²) in [5.74, 6) is -1.87. The van der Waals surface area contributed by atoms with Gasteiger partial charge in [-0.2, -0.15) is 0 Å². The fourth-order valence-electron chi connectivity index (χ4n) is 2.27. The summed E-state index contributed by atoms with van der Waals surface area (Å²) < 4.78 is 28.4. The molecule has 0 bridgehead atoms. The second-order valence-corrected chi connectivity index (χ2v) is 6.62. The minimum absolute atomic E-state index is 0.0427. The molecule has 0 aliphatic heterocycles. The number of amides is 1. The molecule has 3 aromatic rings. The van der Waals surface area contributed by atoms with Crippen molar-refractivity contribution in [1.82, 2.24) is 9.55 Å². The van der Waals surface area contributed by atoms with Gasteiger partial charge < -0.3 is 9.88 Å². The van der Waals surface area contributed by atoms with Crippen molar-refractivity contribution < 1.29 is 13.6 Å². The number of carbonyl (C=O) groups excluding carboxylic acids is 1. The molecule has 2 aromatic carbocycles. The number of imidazole rings is 1. The zero-order chi connectivity index (χ0) is 17.3. The van der Waals surface area contributed by atoms with E-state index in [0.29, 0.717) is 5.16 Å². The number of aromatic nitrogens is 2. The molecule has 0 saturated heterocycles. The largest absolute Gasteiger partial charge is 0.323 e. The van der Waals surface area contributed by atoms with Gasteiger partial charge in [0.2, 0.25) is 5.91 Å². The number of nitrogens with one attached hydrogen (secondary N) is 1. The van der Waals surface area contributed by atoms with E-state index in [9.17, 15) is 13.6 Å². The third-order valence-electron chi connectivity index (χ3n) is 3.59. The molecule has 0 fully saturated rings. The van der Waals surface area contributed by atoms with E-state index in [1.165, 1.54) is 17.8 Å². The number of hydrogen-bond acceptors (Lipinski definition) is 3. The van der Waals surface area contributed by atoms with Crippen molar-refractivity contribution in [3.05, 3.63) is 54.1 Å². The zero-order valence-corrected chi connectivity index (χ0v) is 13.9. The van der Waals surface area contributed by atoms with Gasteiger partial charge in [0.1, 0.15) is 11.6 Å². The topological polar surface area (TPSA) is 46.9 Å². The molecule has 1 atom stereocenters. The number of anilines is 1. The van der Waals surface area contributed by atoms with Gasteiger partial charge >= 0.3 is 0 Å². The van der Waals surface area contributed by atoms with Crippen LogP contribution in [0.3, 0.4) is 0 Å². The standard InChI is InChI=1S/C17H15F2N3OS/c1-10(16(23)20-13-8-7-11(18)9-12(13)19)24-17-21-14-5-3-4-6-15(14)22(17)2/h3-10H,1-2H3,(H,20,23). The number of aryl methyl sites for hydroxylation is 1. The maximum absolute atomic E-state index is 13.6. The predicted molar refractivity (Wildman–Crippen MR) is 91.0 cm³/mol. The summed E-state index contributed by atoms with van der Waals surface area (Å²) >= 11 is 1.28. The number of benzene rings is 2. The van der Waals surface area contributed by atoms with Crippen molar-refractivity contribution in [2.24, 2.45) is 7.05 Å². The van der Waals surface area contributed by atoms with Crippen LogP contribution in [0.1, 0.15) is 6.92 Å². The van der Waals surface area contributed by atoms with Gasteiger partial charge in [0.25, 0.3) is 0 Å². The minimum atomic E-state index is -0.803. The average Bonchev–Trinajstić information content (AvgIpc) is 2.86. The van der Waals surface area contributed by atoms with Crippen molar-refractivity contribution in [1.29, 1.82) is 0 Å². The Labute approximate surface area is 141 Å². The first-order valence-electron chi connectivity index (χ1n) is 7.29. The maximum atomic E-state index is 13.6. The van der Waals surface area contributed by atoms with Gasteiger partial charge in [-0.05, 0) is 31.2 Å². The third kappa shape index (κ3) is 3.26. The number of para-hydroxylation sites is 2. The Hall–Kier alpha value is -2.41. The molecule has 0 radical (unpaired) electrons. The Bertz CT molecular complexity index is 910. The van der Waals surface area contributed by atoms with Crippen molar-refractivity contribution >= 4 is 34.4 Å². The number of nitrogens with zero attached hydrogens (tertiary/aromatic N) is 2. The Morgan fingerprint density at radius 1 is 1.25 bits per heavy atom. The number of carbonyl (C=O) groups is 1. The highest BCUT2D eigenvalue weighted by Crippen LogP contribution is 2.27. The molecule has 1 N–H and O–H groups in total. The van der Waals surface area contributed by atoms with Crippen LogP contribution in [-0.2, 0) is 11.8 Å². The van der Waals surface area contributed by atoms with E-state index in [0.717, 1.165) is 23.2 Å². The summed E-state index contributed by atoms with van der Waals surface area (Å²) in [6.45, 7) is 1.71. The lowest BCUT2D eigenvalue weighted by Gasteiger charge is -2.12. The first-order valence-corrected chi connectivity index (χ1v) is 8.17. The Morgan fingerprint density at radius 3 is 2.71 bits per heavy atom. The predicted octanol–water partition coefficient (Wildman–Crippen LogP) is 3.97. The van der Waals surface area contributed by atoms with E-state index in [2.05, 4.69) is 10.3 Å². The normalized spacial score (nSPS) is 12.3. The average molecular weight is 347 g/mol. The number of halogens is 2. The van der Waals surface area contributed by atoms with Gasteiger partial charge in [-0.1, -0.05) is 23.9 Å². The highest BCUT2D eigenvalue weighted by Gasteiger charge is 2.19. The Morgan fingerprint density at radius 2 is 2.00 bits per heavy atom. The van der Waals surface area contributed by atoms with Gasteiger partial charge in [0.05, 0.1) is 22.0 Å². The fourth-order valence-corrected chi connectivity index (χ4v) is 3.16. The summed E-state index contributed by atoms with van der Waals surface area (Å²) in [5.41, 5.74) is 1.77. The highest BCUT2D eigenvalue weighted by atomic mass is 32.2. The summed E-state index contributed by atoms with van der Waals surface area (Å²) in [7, 11) is 1.88. The summed E-state index contributed by atoms with van der Waals surface area (Å²) in [6.07, 6.45) is 0. The molecule has 124 valence electrons. The Kier molecular flexibility index (Phi) is 4.53. The molecular formula is C17H15F2N3OS. The van der Waals surface area contributed by atoms with E-state index < -0.39 is 16.9 Å². The van der Waals surface area contributed by atoms with Crippen molar-refractivity contribution in [2.45, 2.75) is 17.3 Å². The Balaban J connectivity index is 1.74. The van der Waals surface area contributed by atoms with Crippen LogP contribution in [0, 0.1) is 11.6 Å². The molecule has 3 rings (SSSR count). The van der Waals surface area contributed by atoms with Crippen molar-refractivity contribution in [3.63, 3.8) is 0 Å². The minimum Gasteiger partial charge on any atom is -0.323 e.